The molecule has 0 fully saturated rings. The van der Waals surface area contributed by atoms with Gasteiger partial charge < -0.3 is 5.32 Å². The predicted molar refractivity (Wildman–Crippen MR) is 110 cm³/mol. The lowest BCUT2D eigenvalue weighted by Crippen LogP contribution is -2.33. The number of aromatic nitrogens is 2. The van der Waals surface area contributed by atoms with E-state index in [1.165, 1.54) is 34.9 Å². The minimum Gasteiger partial charge on any atom is -0.351 e. The van der Waals surface area contributed by atoms with Crippen molar-refractivity contribution < 1.29 is 4.79 Å². The van der Waals surface area contributed by atoms with Crippen molar-refractivity contribution >= 4 is 5.91 Å². The molecule has 1 aliphatic heterocycles. The molecule has 0 saturated heterocycles. The molecule has 5 nitrogen and oxygen atoms in total. The summed E-state index contributed by atoms with van der Waals surface area (Å²) in [5.41, 5.74) is 7.26. The fourth-order valence-electron chi connectivity index (χ4n) is 3.70. The molecule has 0 radical (unpaired) electrons. The molecule has 0 atom stereocenters. The van der Waals surface area contributed by atoms with Crippen LogP contribution in [0, 0.1) is 6.92 Å². The van der Waals surface area contributed by atoms with Crippen molar-refractivity contribution in [1.29, 1.82) is 0 Å². The minimum absolute atomic E-state index is 0.0262. The number of hydrogen-bond donors (Lipinski definition) is 1. The highest BCUT2D eigenvalue weighted by molar-refractivity contribution is 5.72. The molecule has 144 valence electrons. The molecule has 0 unspecified atom stereocenters. The predicted octanol–water partition coefficient (Wildman–Crippen LogP) is 3.51. The van der Waals surface area contributed by atoms with Crippen LogP contribution in [-0.2, 0) is 31.0 Å². The first-order valence-corrected chi connectivity index (χ1v) is 9.75. The molecule has 1 N–H and O–H groups in total. The number of hydrogen-bond acceptors (Lipinski definition) is 3. The van der Waals surface area contributed by atoms with Gasteiger partial charge in [-0.05, 0) is 29.7 Å². The smallest absolute Gasteiger partial charge is 0.217 e. The minimum atomic E-state index is -0.0262. The molecule has 5 heteroatoms. The number of aryl methyl sites for hydroxylation is 1. The maximum Gasteiger partial charge on any atom is 0.217 e. The van der Waals surface area contributed by atoms with Gasteiger partial charge in [-0.1, -0.05) is 54.1 Å². The van der Waals surface area contributed by atoms with E-state index in [0.717, 1.165) is 31.9 Å². The molecule has 1 aromatic heterocycles. The van der Waals surface area contributed by atoms with Gasteiger partial charge in [0.2, 0.25) is 5.91 Å². The van der Waals surface area contributed by atoms with Gasteiger partial charge in [-0.2, -0.15) is 5.10 Å². The lowest BCUT2D eigenvalue weighted by Gasteiger charge is -2.27. The van der Waals surface area contributed by atoms with Crippen molar-refractivity contribution in [2.45, 2.75) is 40.0 Å². The number of carbonyl (C=O) groups excluding carboxylic acids is 1. The molecule has 2 heterocycles. The molecule has 0 bridgehead atoms. The number of nitrogens with zero attached hydrogens (tertiary/aromatic N) is 3. The molecule has 4 rings (SSSR count). The average Bonchev–Trinajstić information content (AvgIpc) is 3.09. The molecule has 0 aliphatic carbocycles. The lowest BCUT2D eigenvalue weighted by molar-refractivity contribution is -0.119. The maximum absolute atomic E-state index is 11.1. The number of amides is 1. The summed E-state index contributed by atoms with van der Waals surface area (Å²) >= 11 is 0. The Morgan fingerprint density at radius 1 is 1.07 bits per heavy atom. The zero-order valence-electron chi connectivity index (χ0n) is 16.5. The summed E-state index contributed by atoms with van der Waals surface area (Å²) < 4.78 is 2.06. The van der Waals surface area contributed by atoms with Crippen molar-refractivity contribution in [2.75, 3.05) is 6.54 Å². The van der Waals surface area contributed by atoms with Crippen LogP contribution < -0.4 is 5.32 Å². The van der Waals surface area contributed by atoms with Gasteiger partial charge in [-0.3, -0.25) is 14.4 Å². The number of fused-ring (bicyclic) bond motifs is 1. The summed E-state index contributed by atoms with van der Waals surface area (Å²) in [5, 5.41) is 7.41. The fourth-order valence-corrected chi connectivity index (χ4v) is 3.70. The number of benzene rings is 2. The van der Waals surface area contributed by atoms with Gasteiger partial charge in [0, 0.05) is 26.6 Å². The highest BCUT2D eigenvalue weighted by Crippen LogP contribution is 2.22. The quantitative estimate of drug-likeness (QED) is 0.743. The second-order valence-corrected chi connectivity index (χ2v) is 7.54. The topological polar surface area (TPSA) is 50.2 Å². The molecule has 0 saturated carbocycles. The van der Waals surface area contributed by atoms with Crippen LogP contribution in [0.1, 0.15) is 29.4 Å². The normalized spacial score (nSPS) is 13.9. The zero-order valence-corrected chi connectivity index (χ0v) is 16.5. The van der Waals surface area contributed by atoms with Crippen molar-refractivity contribution in [3.63, 3.8) is 0 Å². The zero-order chi connectivity index (χ0) is 19.5. The third-order valence-corrected chi connectivity index (χ3v) is 5.16. The van der Waals surface area contributed by atoms with Crippen LogP contribution in [0.4, 0.5) is 0 Å². The van der Waals surface area contributed by atoms with E-state index < -0.39 is 0 Å². The van der Waals surface area contributed by atoms with E-state index >= 15 is 0 Å². The second-order valence-electron chi connectivity index (χ2n) is 7.54. The van der Waals surface area contributed by atoms with Gasteiger partial charge in [0.05, 0.1) is 24.5 Å². The van der Waals surface area contributed by atoms with E-state index in [0.29, 0.717) is 6.54 Å². The molecule has 3 aromatic rings. The van der Waals surface area contributed by atoms with Crippen LogP contribution in [0.25, 0.3) is 11.1 Å². The van der Waals surface area contributed by atoms with E-state index in [2.05, 4.69) is 81.5 Å². The van der Waals surface area contributed by atoms with Crippen molar-refractivity contribution in [1.82, 2.24) is 20.0 Å². The third-order valence-electron chi connectivity index (χ3n) is 5.16. The molecule has 2 aromatic carbocycles. The van der Waals surface area contributed by atoms with E-state index in [4.69, 9.17) is 0 Å². The van der Waals surface area contributed by atoms with Crippen LogP contribution in [0.5, 0.6) is 0 Å². The lowest BCUT2D eigenvalue weighted by atomic mass is 10.0. The summed E-state index contributed by atoms with van der Waals surface area (Å²) in [5.74, 6) is -0.0262. The Balaban J connectivity index is 1.39. The molecular weight excluding hydrogens is 348 g/mol. The Morgan fingerprint density at radius 3 is 2.64 bits per heavy atom. The third kappa shape index (κ3) is 4.31. The van der Waals surface area contributed by atoms with E-state index in [1.807, 2.05) is 0 Å². The number of rotatable bonds is 5. The maximum atomic E-state index is 11.1. The SMILES string of the molecule is CC(=O)NCc1cc2n(n1)CCN(Cc1ccc(-c3cccc(C)c3)cc1)C2. The monoisotopic (exact) mass is 374 g/mol. The van der Waals surface area contributed by atoms with Crippen LogP contribution in [-0.4, -0.2) is 27.1 Å². The average molecular weight is 374 g/mol. The summed E-state index contributed by atoms with van der Waals surface area (Å²) in [4.78, 5) is 13.5. The number of carbonyl (C=O) groups is 1. The Bertz CT molecular complexity index is 975. The van der Waals surface area contributed by atoms with Crippen LogP contribution in [0.3, 0.4) is 0 Å². The Hall–Kier alpha value is -2.92. The van der Waals surface area contributed by atoms with Crippen molar-refractivity contribution in [2.24, 2.45) is 0 Å². The molecule has 0 spiro atoms. The van der Waals surface area contributed by atoms with Gasteiger partial charge in [-0.15, -0.1) is 0 Å². The van der Waals surface area contributed by atoms with Gasteiger partial charge >= 0.3 is 0 Å². The standard InChI is InChI=1S/C23H26N4O/c1-17-4-3-5-21(12-17)20-8-6-19(7-9-20)15-26-10-11-27-23(16-26)13-22(25-27)14-24-18(2)28/h3-9,12-13H,10-11,14-16H2,1-2H3,(H,24,28). The molecular formula is C23H26N4O. The summed E-state index contributed by atoms with van der Waals surface area (Å²) in [6.45, 7) is 7.83. The van der Waals surface area contributed by atoms with Gasteiger partial charge in [0.25, 0.3) is 0 Å². The Labute approximate surface area is 166 Å². The summed E-state index contributed by atoms with van der Waals surface area (Å²) in [6, 6.07) is 19.6. The van der Waals surface area contributed by atoms with Gasteiger partial charge in [0.1, 0.15) is 0 Å². The fraction of sp³-hybridized carbons (Fsp3) is 0.304. The first kappa shape index (κ1) is 18.4. The Kier molecular flexibility index (Phi) is 5.26. The van der Waals surface area contributed by atoms with Crippen molar-refractivity contribution in [3.8, 4) is 11.1 Å². The van der Waals surface area contributed by atoms with Crippen LogP contribution in [0.2, 0.25) is 0 Å². The van der Waals surface area contributed by atoms with Gasteiger partial charge in [0.15, 0.2) is 0 Å². The largest absolute Gasteiger partial charge is 0.351 e. The highest BCUT2D eigenvalue weighted by atomic mass is 16.1. The van der Waals surface area contributed by atoms with Crippen LogP contribution in [0.15, 0.2) is 54.6 Å². The molecule has 28 heavy (non-hydrogen) atoms. The van der Waals surface area contributed by atoms with E-state index in [9.17, 15) is 4.79 Å². The van der Waals surface area contributed by atoms with E-state index in [1.54, 1.807) is 0 Å². The van der Waals surface area contributed by atoms with Crippen LogP contribution >= 0.6 is 0 Å². The summed E-state index contributed by atoms with van der Waals surface area (Å²) in [6.07, 6.45) is 0. The second kappa shape index (κ2) is 7.98. The molecule has 1 amide bonds. The first-order chi connectivity index (χ1) is 13.6. The first-order valence-electron chi connectivity index (χ1n) is 9.75. The van der Waals surface area contributed by atoms with Crippen molar-refractivity contribution in [3.05, 3.63) is 77.1 Å². The number of nitrogens with one attached hydrogen (secondary N) is 1. The molecule has 1 aliphatic rings. The Morgan fingerprint density at radius 2 is 1.89 bits per heavy atom. The summed E-state index contributed by atoms with van der Waals surface area (Å²) in [7, 11) is 0. The van der Waals surface area contributed by atoms with Gasteiger partial charge in [-0.25, -0.2) is 0 Å². The van der Waals surface area contributed by atoms with E-state index in [-0.39, 0.29) is 5.91 Å². The highest BCUT2D eigenvalue weighted by Gasteiger charge is 2.18.